The van der Waals surface area contributed by atoms with E-state index in [1.54, 1.807) is 22.7 Å². The Kier molecular flexibility index (Phi) is 3.56. The molecule has 3 heterocycles. The maximum Gasteiger partial charge on any atom is 0.315 e. The van der Waals surface area contributed by atoms with Gasteiger partial charge in [0.2, 0.25) is 5.89 Å². The van der Waals surface area contributed by atoms with Gasteiger partial charge in [0, 0.05) is 4.88 Å². The van der Waals surface area contributed by atoms with E-state index in [4.69, 9.17) is 4.42 Å². The van der Waals surface area contributed by atoms with Crippen molar-refractivity contribution >= 4 is 28.7 Å². The first-order valence-corrected chi connectivity index (χ1v) is 7.60. The highest BCUT2D eigenvalue weighted by molar-refractivity contribution is 7.09. The summed E-state index contributed by atoms with van der Waals surface area (Å²) in [6.45, 7) is 2.65. The van der Waals surface area contributed by atoms with Crippen molar-refractivity contribution in [2.24, 2.45) is 0 Å². The lowest BCUT2D eigenvalue weighted by atomic mass is 10.2. The van der Waals surface area contributed by atoms with Gasteiger partial charge in [0.05, 0.1) is 24.2 Å². The van der Waals surface area contributed by atoms with Gasteiger partial charge >= 0.3 is 6.01 Å². The molecule has 0 saturated carbocycles. The molecule has 1 N–H and O–H groups in total. The summed E-state index contributed by atoms with van der Waals surface area (Å²) < 4.78 is 5.55. The summed E-state index contributed by atoms with van der Waals surface area (Å²) in [5, 5.41) is 15.3. The van der Waals surface area contributed by atoms with Crippen LogP contribution < -0.4 is 5.32 Å². The van der Waals surface area contributed by atoms with Crippen LogP contribution in [-0.4, -0.2) is 15.2 Å². The molecule has 0 bridgehead atoms. The number of rotatable bonds is 5. The third-order valence-electron chi connectivity index (χ3n) is 2.65. The lowest BCUT2D eigenvalue weighted by Gasteiger charge is -1.98. The predicted octanol–water partition coefficient (Wildman–Crippen LogP) is 3.10. The van der Waals surface area contributed by atoms with Crippen LogP contribution in [0.5, 0.6) is 0 Å². The molecule has 0 saturated heterocycles. The molecule has 0 atom stereocenters. The molecule has 19 heavy (non-hydrogen) atoms. The molecule has 0 radical (unpaired) electrons. The summed E-state index contributed by atoms with van der Waals surface area (Å²) in [6, 6.07) is 2.51. The smallest absolute Gasteiger partial charge is 0.315 e. The monoisotopic (exact) mass is 292 g/mol. The van der Waals surface area contributed by atoms with Crippen molar-refractivity contribution in [2.45, 2.75) is 19.9 Å². The molecule has 0 aliphatic carbocycles. The van der Waals surface area contributed by atoms with E-state index in [1.165, 1.54) is 10.4 Å². The van der Waals surface area contributed by atoms with E-state index in [9.17, 15) is 0 Å². The lowest BCUT2D eigenvalue weighted by molar-refractivity contribution is 0.516. The van der Waals surface area contributed by atoms with Crippen molar-refractivity contribution in [3.63, 3.8) is 0 Å². The molecule has 5 nitrogen and oxygen atoms in total. The van der Waals surface area contributed by atoms with Crippen LogP contribution in [0.4, 0.5) is 6.01 Å². The van der Waals surface area contributed by atoms with Gasteiger partial charge in [-0.05, 0) is 29.3 Å². The third-order valence-corrected chi connectivity index (χ3v) is 4.31. The quantitative estimate of drug-likeness (QED) is 0.783. The number of thiazole rings is 1. The molecular weight excluding hydrogens is 280 g/mol. The molecule has 0 spiro atoms. The minimum atomic E-state index is 0.457. The highest BCUT2D eigenvalue weighted by Crippen LogP contribution is 2.16. The zero-order chi connectivity index (χ0) is 13.1. The van der Waals surface area contributed by atoms with Crippen LogP contribution in [0.2, 0.25) is 0 Å². The SMILES string of the molecule is Cc1ncsc1CNc1nnc(Cc2ccsc2)o1. The minimum absolute atomic E-state index is 0.457. The van der Waals surface area contributed by atoms with Gasteiger partial charge in [-0.2, -0.15) is 11.3 Å². The third kappa shape index (κ3) is 2.99. The standard InChI is InChI=1S/C12H12N4OS2/c1-8-10(19-7-14-8)5-13-12-16-15-11(17-12)4-9-2-3-18-6-9/h2-3,6-7H,4-5H2,1H3,(H,13,16). The number of aryl methyl sites for hydroxylation is 1. The Morgan fingerprint density at radius 2 is 2.32 bits per heavy atom. The van der Waals surface area contributed by atoms with Crippen molar-refractivity contribution < 1.29 is 4.42 Å². The summed E-state index contributed by atoms with van der Waals surface area (Å²) in [5.74, 6) is 0.627. The Balaban J connectivity index is 1.60. The number of anilines is 1. The first-order chi connectivity index (χ1) is 9.31. The van der Waals surface area contributed by atoms with Gasteiger partial charge in [-0.15, -0.1) is 16.4 Å². The van der Waals surface area contributed by atoms with Crippen LogP contribution >= 0.6 is 22.7 Å². The van der Waals surface area contributed by atoms with Crippen LogP contribution in [0.25, 0.3) is 0 Å². The van der Waals surface area contributed by atoms with Crippen LogP contribution in [0.1, 0.15) is 22.0 Å². The van der Waals surface area contributed by atoms with E-state index in [-0.39, 0.29) is 0 Å². The molecule has 0 aromatic carbocycles. The fourth-order valence-electron chi connectivity index (χ4n) is 1.62. The van der Waals surface area contributed by atoms with E-state index < -0.39 is 0 Å². The molecule has 7 heteroatoms. The van der Waals surface area contributed by atoms with E-state index in [1.807, 2.05) is 17.8 Å². The van der Waals surface area contributed by atoms with Gasteiger partial charge in [-0.25, -0.2) is 4.98 Å². The predicted molar refractivity (Wildman–Crippen MR) is 75.6 cm³/mol. The van der Waals surface area contributed by atoms with E-state index in [0.717, 1.165) is 5.69 Å². The summed E-state index contributed by atoms with van der Waals surface area (Å²) in [4.78, 5) is 5.38. The molecule has 0 aliphatic rings. The maximum atomic E-state index is 5.55. The fraction of sp³-hybridized carbons (Fsp3) is 0.250. The van der Waals surface area contributed by atoms with Gasteiger partial charge in [-0.1, -0.05) is 5.10 Å². The number of hydrogen-bond acceptors (Lipinski definition) is 7. The number of nitrogens with zero attached hydrogens (tertiary/aromatic N) is 3. The Morgan fingerprint density at radius 3 is 3.05 bits per heavy atom. The number of thiophene rings is 1. The van der Waals surface area contributed by atoms with Gasteiger partial charge in [0.15, 0.2) is 0 Å². The van der Waals surface area contributed by atoms with Crippen LogP contribution in [0, 0.1) is 6.92 Å². The average molecular weight is 292 g/mol. The van der Waals surface area contributed by atoms with Gasteiger partial charge in [0.1, 0.15) is 0 Å². The van der Waals surface area contributed by atoms with Crippen LogP contribution in [-0.2, 0) is 13.0 Å². The largest absolute Gasteiger partial charge is 0.408 e. The van der Waals surface area contributed by atoms with E-state index in [0.29, 0.717) is 24.9 Å². The van der Waals surface area contributed by atoms with Gasteiger partial charge < -0.3 is 9.73 Å². The molecule has 3 aromatic rings. The molecule has 98 valence electrons. The Labute approximate surface area is 118 Å². The number of nitrogens with one attached hydrogen (secondary N) is 1. The Bertz CT molecular complexity index is 644. The average Bonchev–Trinajstić information content (AvgIpc) is 3.10. The molecule has 0 aliphatic heterocycles. The molecule has 3 rings (SSSR count). The zero-order valence-corrected chi connectivity index (χ0v) is 11.9. The van der Waals surface area contributed by atoms with Crippen molar-refractivity contribution in [1.82, 2.24) is 15.2 Å². The molecule has 0 fully saturated rings. The van der Waals surface area contributed by atoms with Crippen molar-refractivity contribution in [2.75, 3.05) is 5.32 Å². The molecular formula is C12H12N4OS2. The van der Waals surface area contributed by atoms with Crippen LogP contribution in [0.3, 0.4) is 0 Å². The second kappa shape index (κ2) is 5.50. The Hall–Kier alpha value is -1.73. The summed E-state index contributed by atoms with van der Waals surface area (Å²) in [6.07, 6.45) is 0.678. The summed E-state index contributed by atoms with van der Waals surface area (Å²) in [7, 11) is 0. The van der Waals surface area contributed by atoms with Crippen LogP contribution in [0.15, 0.2) is 26.8 Å². The summed E-state index contributed by atoms with van der Waals surface area (Å²) >= 11 is 3.28. The first-order valence-electron chi connectivity index (χ1n) is 5.77. The highest BCUT2D eigenvalue weighted by atomic mass is 32.1. The van der Waals surface area contributed by atoms with Crippen molar-refractivity contribution in [1.29, 1.82) is 0 Å². The van der Waals surface area contributed by atoms with Crippen molar-refractivity contribution in [3.05, 3.63) is 44.4 Å². The minimum Gasteiger partial charge on any atom is -0.408 e. The van der Waals surface area contributed by atoms with E-state index >= 15 is 0 Å². The second-order valence-corrected chi connectivity index (χ2v) is 5.74. The topological polar surface area (TPSA) is 63.8 Å². The second-order valence-electron chi connectivity index (χ2n) is 4.02. The lowest BCUT2D eigenvalue weighted by Crippen LogP contribution is -1.99. The van der Waals surface area contributed by atoms with Gasteiger partial charge in [0.25, 0.3) is 0 Å². The first kappa shape index (κ1) is 12.3. The zero-order valence-electron chi connectivity index (χ0n) is 10.3. The normalized spacial score (nSPS) is 10.8. The number of aromatic nitrogens is 3. The molecule has 3 aromatic heterocycles. The van der Waals surface area contributed by atoms with E-state index in [2.05, 4.69) is 31.9 Å². The molecule has 0 unspecified atom stereocenters. The maximum absolute atomic E-state index is 5.55. The van der Waals surface area contributed by atoms with Gasteiger partial charge in [-0.3, -0.25) is 0 Å². The van der Waals surface area contributed by atoms with Crippen molar-refractivity contribution in [3.8, 4) is 0 Å². The molecule has 0 amide bonds. The highest BCUT2D eigenvalue weighted by Gasteiger charge is 2.08. The Morgan fingerprint density at radius 1 is 1.37 bits per heavy atom. The fourth-order valence-corrected chi connectivity index (χ4v) is 3.00. The summed E-state index contributed by atoms with van der Waals surface area (Å²) in [5.41, 5.74) is 4.07. The number of hydrogen-bond donors (Lipinski definition) is 1.